The van der Waals surface area contributed by atoms with Gasteiger partial charge in [0.25, 0.3) is 0 Å². The van der Waals surface area contributed by atoms with Crippen molar-refractivity contribution in [3.63, 3.8) is 0 Å². The Hall–Kier alpha value is -3.08. The van der Waals surface area contributed by atoms with Crippen molar-refractivity contribution in [1.82, 2.24) is 4.98 Å². The molecule has 0 radical (unpaired) electrons. The first-order valence-electron chi connectivity index (χ1n) is 9.63. The average Bonchev–Trinajstić information content (AvgIpc) is 2.69. The third-order valence-electron chi connectivity index (χ3n) is 4.54. The number of hydrogen-bond donors (Lipinski definition) is 2. The Morgan fingerprint density at radius 1 is 1.07 bits per heavy atom. The SMILES string of the molecule is COc1cc(CCNc2nc(-c3ccc(CC(C)C)cc3)cc[nH+]2)ccc1O. The van der Waals surface area contributed by atoms with Crippen molar-refractivity contribution in [2.75, 3.05) is 19.0 Å². The van der Waals surface area contributed by atoms with Gasteiger partial charge in [-0.15, -0.1) is 0 Å². The number of phenols is 1. The number of aromatic nitrogens is 2. The summed E-state index contributed by atoms with van der Waals surface area (Å²) in [5, 5.41) is 13.0. The summed E-state index contributed by atoms with van der Waals surface area (Å²) in [6.07, 6.45) is 3.78. The summed E-state index contributed by atoms with van der Waals surface area (Å²) >= 11 is 0. The predicted molar refractivity (Wildman–Crippen MR) is 112 cm³/mol. The Morgan fingerprint density at radius 3 is 2.54 bits per heavy atom. The van der Waals surface area contributed by atoms with Gasteiger partial charge >= 0.3 is 5.95 Å². The maximum atomic E-state index is 9.68. The Balaban J connectivity index is 1.62. The van der Waals surface area contributed by atoms with Crippen molar-refractivity contribution in [3.05, 3.63) is 65.9 Å². The fourth-order valence-corrected chi connectivity index (χ4v) is 3.13. The van der Waals surface area contributed by atoms with E-state index in [0.29, 0.717) is 18.2 Å². The molecule has 0 aliphatic rings. The van der Waals surface area contributed by atoms with Gasteiger partial charge in [0.2, 0.25) is 0 Å². The first-order chi connectivity index (χ1) is 13.5. The van der Waals surface area contributed by atoms with Gasteiger partial charge in [0.15, 0.2) is 17.2 Å². The van der Waals surface area contributed by atoms with E-state index in [4.69, 9.17) is 4.74 Å². The highest BCUT2D eigenvalue weighted by Gasteiger charge is 2.10. The van der Waals surface area contributed by atoms with Gasteiger partial charge in [-0.25, -0.2) is 4.98 Å². The number of rotatable bonds is 8. The molecule has 0 fully saturated rings. The number of nitrogens with zero attached hydrogens (tertiary/aromatic N) is 1. The van der Waals surface area contributed by atoms with Gasteiger partial charge in [-0.3, -0.25) is 5.32 Å². The molecule has 2 aromatic carbocycles. The first-order valence-corrected chi connectivity index (χ1v) is 9.63. The number of benzene rings is 2. The number of aromatic amines is 1. The zero-order valence-corrected chi connectivity index (χ0v) is 16.7. The highest BCUT2D eigenvalue weighted by atomic mass is 16.5. The van der Waals surface area contributed by atoms with E-state index in [1.165, 1.54) is 5.56 Å². The number of phenolic OH excluding ortho intramolecular Hbond substituents is 1. The van der Waals surface area contributed by atoms with E-state index in [2.05, 4.69) is 53.4 Å². The summed E-state index contributed by atoms with van der Waals surface area (Å²) in [6, 6.07) is 16.0. The standard InChI is InChI=1S/C23H27N3O2/c1-16(2)14-17-4-7-19(8-5-17)20-11-13-25-23(26-20)24-12-10-18-6-9-21(27)22(15-18)28-3/h4-9,11,13,15-16,27H,10,12,14H2,1-3H3,(H,24,25,26)/p+1. The van der Waals surface area contributed by atoms with E-state index in [0.717, 1.165) is 35.6 Å². The Labute approximate surface area is 166 Å². The summed E-state index contributed by atoms with van der Waals surface area (Å²) in [4.78, 5) is 7.83. The van der Waals surface area contributed by atoms with Crippen molar-refractivity contribution in [1.29, 1.82) is 0 Å². The molecule has 0 amide bonds. The molecule has 146 valence electrons. The van der Waals surface area contributed by atoms with Crippen LogP contribution in [0, 0.1) is 5.92 Å². The molecule has 0 atom stereocenters. The van der Waals surface area contributed by atoms with Gasteiger partial charge < -0.3 is 9.84 Å². The summed E-state index contributed by atoms with van der Waals surface area (Å²) < 4.78 is 5.16. The molecule has 28 heavy (non-hydrogen) atoms. The van der Waals surface area contributed by atoms with E-state index in [-0.39, 0.29) is 5.75 Å². The molecule has 1 aromatic heterocycles. The molecule has 0 unspecified atom stereocenters. The van der Waals surface area contributed by atoms with Crippen LogP contribution >= 0.6 is 0 Å². The van der Waals surface area contributed by atoms with Crippen molar-refractivity contribution in [2.45, 2.75) is 26.7 Å². The van der Waals surface area contributed by atoms with E-state index in [1.807, 2.05) is 24.4 Å². The maximum Gasteiger partial charge on any atom is 0.389 e. The monoisotopic (exact) mass is 378 g/mol. The highest BCUT2D eigenvalue weighted by molar-refractivity contribution is 5.59. The third-order valence-corrected chi connectivity index (χ3v) is 4.54. The van der Waals surface area contributed by atoms with Crippen LogP contribution in [-0.4, -0.2) is 23.7 Å². The van der Waals surface area contributed by atoms with Gasteiger partial charge in [0.05, 0.1) is 19.9 Å². The minimum absolute atomic E-state index is 0.154. The lowest BCUT2D eigenvalue weighted by Crippen LogP contribution is -2.17. The van der Waals surface area contributed by atoms with Crippen LogP contribution < -0.4 is 15.0 Å². The molecule has 0 saturated heterocycles. The Bertz CT molecular complexity index is 908. The van der Waals surface area contributed by atoms with E-state index >= 15 is 0 Å². The number of ether oxygens (including phenoxy) is 1. The largest absolute Gasteiger partial charge is 0.504 e. The molecule has 3 N–H and O–H groups in total. The highest BCUT2D eigenvalue weighted by Crippen LogP contribution is 2.26. The second-order valence-corrected chi connectivity index (χ2v) is 7.30. The fourth-order valence-electron chi connectivity index (χ4n) is 3.13. The lowest BCUT2D eigenvalue weighted by molar-refractivity contribution is -0.365. The quantitative estimate of drug-likeness (QED) is 0.618. The van der Waals surface area contributed by atoms with Crippen LogP contribution in [0.4, 0.5) is 5.95 Å². The summed E-state index contributed by atoms with van der Waals surface area (Å²) in [5.41, 5.74) is 4.47. The van der Waals surface area contributed by atoms with Gasteiger partial charge in [-0.05, 0) is 35.6 Å². The minimum Gasteiger partial charge on any atom is -0.504 e. The van der Waals surface area contributed by atoms with E-state index in [9.17, 15) is 5.11 Å². The molecular formula is C23H28N3O2+. The summed E-state index contributed by atoms with van der Waals surface area (Å²) in [5.74, 6) is 2.03. The maximum absolute atomic E-state index is 9.68. The molecule has 3 rings (SSSR count). The molecule has 3 aromatic rings. The third kappa shape index (κ3) is 5.22. The molecule has 5 heteroatoms. The predicted octanol–water partition coefficient (Wildman–Crippen LogP) is 4.13. The van der Waals surface area contributed by atoms with Crippen LogP contribution in [0.25, 0.3) is 11.3 Å². The zero-order chi connectivity index (χ0) is 19.9. The van der Waals surface area contributed by atoms with Crippen LogP contribution in [0.1, 0.15) is 25.0 Å². The van der Waals surface area contributed by atoms with Gasteiger partial charge in [-0.2, -0.15) is 0 Å². The lowest BCUT2D eigenvalue weighted by atomic mass is 10.0. The Morgan fingerprint density at radius 2 is 1.82 bits per heavy atom. The number of anilines is 1. The van der Waals surface area contributed by atoms with Crippen LogP contribution in [0.3, 0.4) is 0 Å². The van der Waals surface area contributed by atoms with Gasteiger partial charge in [-0.1, -0.05) is 49.2 Å². The summed E-state index contributed by atoms with van der Waals surface area (Å²) in [7, 11) is 1.55. The summed E-state index contributed by atoms with van der Waals surface area (Å²) in [6.45, 7) is 5.18. The number of aromatic hydroxyl groups is 1. The van der Waals surface area contributed by atoms with Gasteiger partial charge in [0.1, 0.15) is 0 Å². The average molecular weight is 378 g/mol. The van der Waals surface area contributed by atoms with Crippen molar-refractivity contribution >= 4 is 5.95 Å². The van der Waals surface area contributed by atoms with Crippen LogP contribution in [-0.2, 0) is 12.8 Å². The zero-order valence-electron chi connectivity index (χ0n) is 16.7. The molecule has 5 nitrogen and oxygen atoms in total. The smallest absolute Gasteiger partial charge is 0.389 e. The van der Waals surface area contributed by atoms with Crippen LogP contribution in [0.2, 0.25) is 0 Å². The van der Waals surface area contributed by atoms with Crippen LogP contribution in [0.15, 0.2) is 54.7 Å². The second kappa shape index (κ2) is 9.22. The molecule has 0 aliphatic heterocycles. The van der Waals surface area contributed by atoms with E-state index < -0.39 is 0 Å². The number of nitrogens with one attached hydrogen (secondary N) is 2. The molecule has 0 bridgehead atoms. The normalized spacial score (nSPS) is 10.9. The topological polar surface area (TPSA) is 68.5 Å². The van der Waals surface area contributed by atoms with Crippen LogP contribution in [0.5, 0.6) is 11.5 Å². The number of methoxy groups -OCH3 is 1. The Kier molecular flexibility index (Phi) is 6.48. The van der Waals surface area contributed by atoms with Crippen molar-refractivity contribution < 1.29 is 14.8 Å². The second-order valence-electron chi connectivity index (χ2n) is 7.30. The molecule has 0 spiro atoms. The van der Waals surface area contributed by atoms with Gasteiger partial charge in [0, 0.05) is 18.1 Å². The molecule has 0 saturated carbocycles. The van der Waals surface area contributed by atoms with Crippen molar-refractivity contribution in [2.24, 2.45) is 5.92 Å². The number of H-pyrrole nitrogens is 1. The minimum atomic E-state index is 0.154. The first kappa shape index (κ1) is 19.7. The van der Waals surface area contributed by atoms with Crippen molar-refractivity contribution in [3.8, 4) is 22.8 Å². The molecule has 0 aliphatic carbocycles. The molecule has 1 heterocycles. The lowest BCUT2D eigenvalue weighted by Gasteiger charge is -2.06. The molecular weight excluding hydrogens is 350 g/mol. The fraction of sp³-hybridized carbons (Fsp3) is 0.304. The number of hydrogen-bond acceptors (Lipinski definition) is 4. The van der Waals surface area contributed by atoms with E-state index in [1.54, 1.807) is 13.2 Å².